The second-order valence-electron chi connectivity index (χ2n) is 7.11. The van der Waals surface area contributed by atoms with Crippen molar-refractivity contribution in [3.63, 3.8) is 0 Å². The van der Waals surface area contributed by atoms with Crippen LogP contribution in [0.15, 0.2) is 103 Å². The molecule has 3 nitrogen and oxygen atoms in total. The molecular weight excluding hydrogens is 372 g/mol. The average Bonchev–Trinajstić information content (AvgIpc) is 2.79. The number of hydrogen-bond acceptors (Lipinski definition) is 2. The first kappa shape index (κ1) is 19.5. The molecule has 0 aliphatic heterocycles. The number of rotatable bonds is 7. The molecule has 0 aromatic heterocycles. The molecule has 0 fully saturated rings. The van der Waals surface area contributed by atoms with Gasteiger partial charge in [-0.05, 0) is 51.6 Å². The van der Waals surface area contributed by atoms with Crippen LogP contribution in [0.5, 0.6) is 5.75 Å². The minimum absolute atomic E-state index is 0.0366. The molecule has 0 amide bonds. The van der Waals surface area contributed by atoms with Crippen LogP contribution >= 0.6 is 0 Å². The van der Waals surface area contributed by atoms with E-state index in [-0.39, 0.29) is 6.42 Å². The first-order valence-electron chi connectivity index (χ1n) is 9.86. The zero-order chi connectivity index (χ0) is 20.8. The van der Waals surface area contributed by atoms with Crippen LogP contribution < -0.4 is 4.74 Å². The number of carbonyl (C=O) groups is 1. The summed E-state index contributed by atoms with van der Waals surface area (Å²) in [6.45, 7) is 0.485. The van der Waals surface area contributed by atoms with Crippen LogP contribution in [0, 0.1) is 0 Å². The molecule has 0 saturated heterocycles. The average molecular weight is 394 g/mol. The van der Waals surface area contributed by atoms with Crippen LogP contribution in [0.25, 0.3) is 22.3 Å². The maximum absolute atomic E-state index is 11.5. The number of benzene rings is 4. The van der Waals surface area contributed by atoms with Crippen molar-refractivity contribution in [2.24, 2.45) is 0 Å². The molecule has 0 saturated carbocycles. The van der Waals surface area contributed by atoms with Gasteiger partial charge in [-0.1, -0.05) is 84.9 Å². The standard InChI is InChI=1S/C27H22O3/c28-27(29)18-24-16-22(21-10-5-2-6-11-21)14-15-26(24)23-12-7-13-25(17-23)30-19-20-8-3-1-4-9-20/h1-17H,18-19H2,(H,28,29). The minimum atomic E-state index is -0.849. The summed E-state index contributed by atoms with van der Waals surface area (Å²) < 4.78 is 5.95. The lowest BCUT2D eigenvalue weighted by Crippen LogP contribution is -2.02. The molecule has 0 aliphatic rings. The highest BCUT2D eigenvalue weighted by molar-refractivity contribution is 5.80. The van der Waals surface area contributed by atoms with Crippen molar-refractivity contribution >= 4 is 5.97 Å². The van der Waals surface area contributed by atoms with E-state index in [0.717, 1.165) is 39.1 Å². The second kappa shape index (κ2) is 9.10. The number of aliphatic carboxylic acids is 1. The van der Waals surface area contributed by atoms with Gasteiger partial charge in [0, 0.05) is 0 Å². The van der Waals surface area contributed by atoms with E-state index in [1.165, 1.54) is 0 Å². The Morgan fingerprint density at radius 1 is 0.700 bits per heavy atom. The molecule has 30 heavy (non-hydrogen) atoms. The molecule has 0 unspecified atom stereocenters. The monoisotopic (exact) mass is 394 g/mol. The molecule has 0 radical (unpaired) electrons. The third kappa shape index (κ3) is 4.76. The largest absolute Gasteiger partial charge is 0.489 e. The molecule has 148 valence electrons. The Labute approximate surface area is 176 Å². The highest BCUT2D eigenvalue weighted by Gasteiger charge is 2.12. The first-order chi connectivity index (χ1) is 14.7. The van der Waals surface area contributed by atoms with E-state index in [4.69, 9.17) is 4.74 Å². The van der Waals surface area contributed by atoms with Crippen LogP contribution in [0.3, 0.4) is 0 Å². The Bertz CT molecular complexity index is 1140. The second-order valence-corrected chi connectivity index (χ2v) is 7.11. The Balaban J connectivity index is 1.64. The third-order valence-electron chi connectivity index (χ3n) is 4.95. The Morgan fingerprint density at radius 3 is 2.13 bits per heavy atom. The smallest absolute Gasteiger partial charge is 0.307 e. The lowest BCUT2D eigenvalue weighted by molar-refractivity contribution is -0.136. The summed E-state index contributed by atoms with van der Waals surface area (Å²) in [6, 6.07) is 33.8. The molecule has 4 aromatic rings. The van der Waals surface area contributed by atoms with Crippen molar-refractivity contribution < 1.29 is 14.6 Å². The van der Waals surface area contributed by atoms with Gasteiger partial charge in [-0.25, -0.2) is 0 Å². The fourth-order valence-electron chi connectivity index (χ4n) is 3.49. The van der Waals surface area contributed by atoms with Crippen LogP contribution in [0.1, 0.15) is 11.1 Å². The molecule has 3 heteroatoms. The van der Waals surface area contributed by atoms with Gasteiger partial charge in [-0.15, -0.1) is 0 Å². The summed E-state index contributed by atoms with van der Waals surface area (Å²) in [4.78, 5) is 11.5. The van der Waals surface area contributed by atoms with Gasteiger partial charge in [0.2, 0.25) is 0 Å². The van der Waals surface area contributed by atoms with Crippen molar-refractivity contribution in [3.8, 4) is 28.0 Å². The van der Waals surface area contributed by atoms with Crippen molar-refractivity contribution in [1.82, 2.24) is 0 Å². The Morgan fingerprint density at radius 2 is 1.40 bits per heavy atom. The zero-order valence-corrected chi connectivity index (χ0v) is 16.5. The molecule has 4 rings (SSSR count). The topological polar surface area (TPSA) is 46.5 Å². The van der Waals surface area contributed by atoms with Gasteiger partial charge in [-0.2, -0.15) is 0 Å². The van der Waals surface area contributed by atoms with Gasteiger partial charge in [0.15, 0.2) is 0 Å². The summed E-state index contributed by atoms with van der Waals surface area (Å²) in [7, 11) is 0. The molecule has 0 heterocycles. The van der Waals surface area contributed by atoms with Gasteiger partial charge >= 0.3 is 5.97 Å². The maximum Gasteiger partial charge on any atom is 0.307 e. The molecule has 0 spiro atoms. The van der Waals surface area contributed by atoms with E-state index in [9.17, 15) is 9.90 Å². The van der Waals surface area contributed by atoms with Gasteiger partial charge in [0.1, 0.15) is 12.4 Å². The van der Waals surface area contributed by atoms with Crippen LogP contribution in [-0.2, 0) is 17.8 Å². The van der Waals surface area contributed by atoms with Crippen LogP contribution in [0.4, 0.5) is 0 Å². The van der Waals surface area contributed by atoms with E-state index in [1.54, 1.807) is 0 Å². The number of carboxylic acids is 1. The summed E-state index contributed by atoms with van der Waals surface area (Å²) >= 11 is 0. The van der Waals surface area contributed by atoms with Gasteiger partial charge in [0.05, 0.1) is 6.42 Å². The first-order valence-corrected chi connectivity index (χ1v) is 9.86. The Hall–Kier alpha value is -3.85. The quantitative estimate of drug-likeness (QED) is 0.404. The molecule has 0 aliphatic carbocycles. The summed E-state index contributed by atoms with van der Waals surface area (Å²) in [5, 5.41) is 9.44. The van der Waals surface area contributed by atoms with Crippen molar-refractivity contribution in [2.75, 3.05) is 0 Å². The highest BCUT2D eigenvalue weighted by atomic mass is 16.5. The fraction of sp³-hybridized carbons (Fsp3) is 0.0741. The van der Waals surface area contributed by atoms with E-state index in [2.05, 4.69) is 0 Å². The fourth-order valence-corrected chi connectivity index (χ4v) is 3.49. The number of hydrogen-bond donors (Lipinski definition) is 1. The lowest BCUT2D eigenvalue weighted by atomic mass is 9.93. The number of carboxylic acid groups (broad SMARTS) is 1. The number of ether oxygens (including phenoxy) is 1. The summed E-state index contributed by atoms with van der Waals surface area (Å²) in [5.74, 6) is -0.0947. The lowest BCUT2D eigenvalue weighted by Gasteiger charge is -2.13. The minimum Gasteiger partial charge on any atom is -0.489 e. The SMILES string of the molecule is O=C(O)Cc1cc(-c2ccccc2)ccc1-c1cccc(OCc2ccccc2)c1. The maximum atomic E-state index is 11.5. The summed E-state index contributed by atoms with van der Waals surface area (Å²) in [6.07, 6.45) is -0.0366. The molecule has 0 atom stereocenters. The van der Waals surface area contributed by atoms with E-state index < -0.39 is 5.97 Å². The van der Waals surface area contributed by atoms with Gasteiger partial charge in [-0.3, -0.25) is 4.79 Å². The predicted molar refractivity (Wildman–Crippen MR) is 119 cm³/mol. The molecule has 1 N–H and O–H groups in total. The van der Waals surface area contributed by atoms with E-state index >= 15 is 0 Å². The normalized spacial score (nSPS) is 10.5. The van der Waals surface area contributed by atoms with Crippen molar-refractivity contribution in [3.05, 3.63) is 114 Å². The molecule has 0 bridgehead atoms. The Kier molecular flexibility index (Phi) is 5.90. The highest BCUT2D eigenvalue weighted by Crippen LogP contribution is 2.31. The van der Waals surface area contributed by atoms with Crippen LogP contribution in [0.2, 0.25) is 0 Å². The van der Waals surface area contributed by atoms with E-state index in [1.807, 2.05) is 103 Å². The molecular formula is C27H22O3. The van der Waals surface area contributed by atoms with Crippen LogP contribution in [-0.4, -0.2) is 11.1 Å². The van der Waals surface area contributed by atoms with Crippen molar-refractivity contribution in [2.45, 2.75) is 13.0 Å². The van der Waals surface area contributed by atoms with Gasteiger partial charge < -0.3 is 9.84 Å². The van der Waals surface area contributed by atoms with Crippen molar-refractivity contribution in [1.29, 1.82) is 0 Å². The third-order valence-corrected chi connectivity index (χ3v) is 4.95. The van der Waals surface area contributed by atoms with Gasteiger partial charge in [0.25, 0.3) is 0 Å². The zero-order valence-electron chi connectivity index (χ0n) is 16.5. The predicted octanol–water partition coefficient (Wildman–Crippen LogP) is 6.23. The molecule has 4 aromatic carbocycles. The summed E-state index contributed by atoms with van der Waals surface area (Å²) in [5.41, 5.74) is 5.80. The van der Waals surface area contributed by atoms with E-state index in [0.29, 0.717) is 6.61 Å².